The van der Waals surface area contributed by atoms with Gasteiger partial charge in [-0.15, -0.1) is 0 Å². The van der Waals surface area contributed by atoms with Gasteiger partial charge in [-0.1, -0.05) is 6.07 Å². The Labute approximate surface area is 126 Å². The summed E-state index contributed by atoms with van der Waals surface area (Å²) in [6.45, 7) is 3.52. The molecular weight excluding hydrogens is 292 g/mol. The molecule has 116 valence electrons. The van der Waals surface area contributed by atoms with Crippen molar-refractivity contribution in [3.63, 3.8) is 0 Å². The fourth-order valence-corrected chi connectivity index (χ4v) is 1.44. The van der Waals surface area contributed by atoms with Crippen molar-refractivity contribution in [2.24, 2.45) is 0 Å². The second kappa shape index (κ2) is 7.72. The minimum Gasteiger partial charge on any atom is -0.423 e. The van der Waals surface area contributed by atoms with Crippen molar-refractivity contribution in [2.45, 2.75) is 20.8 Å². The first-order chi connectivity index (χ1) is 10.3. The fourth-order valence-electron chi connectivity index (χ4n) is 1.44. The number of benzene rings is 1. The summed E-state index contributed by atoms with van der Waals surface area (Å²) in [5, 5.41) is 0. The molecule has 7 nitrogen and oxygen atoms in total. The molecule has 0 amide bonds. The van der Waals surface area contributed by atoms with E-state index < -0.39 is 23.9 Å². The smallest absolute Gasteiger partial charge is 0.338 e. The van der Waals surface area contributed by atoms with Crippen molar-refractivity contribution in [3.8, 4) is 11.5 Å². The highest BCUT2D eigenvalue weighted by molar-refractivity contribution is 5.94. The van der Waals surface area contributed by atoms with Gasteiger partial charge in [-0.2, -0.15) is 0 Å². The minimum absolute atomic E-state index is 0.0322. The molecule has 0 saturated heterocycles. The Morgan fingerprint density at radius 1 is 0.864 bits per heavy atom. The minimum atomic E-state index is -0.828. The van der Waals surface area contributed by atoms with Gasteiger partial charge in [0.1, 0.15) is 0 Å². The molecule has 1 aromatic carbocycles. The van der Waals surface area contributed by atoms with E-state index in [9.17, 15) is 19.2 Å². The molecule has 0 heterocycles. The van der Waals surface area contributed by atoms with Crippen LogP contribution in [-0.2, 0) is 23.9 Å². The lowest BCUT2D eigenvalue weighted by molar-refractivity contribution is -0.154. The second-order valence-corrected chi connectivity index (χ2v) is 4.14. The normalized spacial score (nSPS) is 10.1. The Bertz CT molecular complexity index is 643. The Kier molecular flexibility index (Phi) is 6.00. The van der Waals surface area contributed by atoms with Gasteiger partial charge >= 0.3 is 23.9 Å². The summed E-state index contributed by atoms with van der Waals surface area (Å²) >= 11 is 0. The van der Waals surface area contributed by atoms with Gasteiger partial charge in [-0.25, -0.2) is 4.79 Å². The molecule has 0 fully saturated rings. The van der Waals surface area contributed by atoms with Crippen LogP contribution in [-0.4, -0.2) is 23.9 Å². The zero-order valence-corrected chi connectivity index (χ0v) is 12.2. The third-order valence-electron chi connectivity index (χ3n) is 2.13. The lowest BCUT2D eigenvalue weighted by Crippen LogP contribution is -2.07. The van der Waals surface area contributed by atoms with Crippen LogP contribution in [0.3, 0.4) is 0 Å². The summed E-state index contributed by atoms with van der Waals surface area (Å²) in [6, 6.07) is 4.34. The van der Waals surface area contributed by atoms with Gasteiger partial charge in [0.05, 0.1) is 0 Å². The van der Waals surface area contributed by atoms with Crippen LogP contribution in [0.25, 0.3) is 6.08 Å². The first-order valence-corrected chi connectivity index (χ1v) is 6.19. The van der Waals surface area contributed by atoms with Crippen LogP contribution >= 0.6 is 0 Å². The third kappa shape index (κ3) is 6.00. The van der Waals surface area contributed by atoms with Crippen molar-refractivity contribution >= 4 is 30.0 Å². The maximum atomic E-state index is 11.2. The van der Waals surface area contributed by atoms with Crippen LogP contribution in [0.5, 0.6) is 11.5 Å². The number of rotatable bonds is 4. The standard InChI is InChI=1S/C15H14O7/c1-9(16)20-13-6-4-12(8-14(13)21-10(2)17)5-7-15(19)22-11(3)18/h4-8H,1-3H3/b7-5+. The van der Waals surface area contributed by atoms with Gasteiger partial charge < -0.3 is 14.2 Å². The van der Waals surface area contributed by atoms with E-state index in [-0.39, 0.29) is 11.5 Å². The van der Waals surface area contributed by atoms with Crippen LogP contribution in [0.4, 0.5) is 0 Å². The van der Waals surface area contributed by atoms with E-state index in [2.05, 4.69) is 4.74 Å². The van der Waals surface area contributed by atoms with E-state index in [0.717, 1.165) is 13.0 Å². The van der Waals surface area contributed by atoms with Gasteiger partial charge in [0.25, 0.3) is 0 Å². The van der Waals surface area contributed by atoms with E-state index in [0.29, 0.717) is 5.56 Å². The molecule has 1 aromatic rings. The van der Waals surface area contributed by atoms with E-state index in [1.165, 1.54) is 38.1 Å². The molecule has 0 aliphatic carbocycles. The summed E-state index contributed by atoms with van der Waals surface area (Å²) in [5.41, 5.74) is 0.479. The Morgan fingerprint density at radius 2 is 1.45 bits per heavy atom. The maximum Gasteiger partial charge on any atom is 0.338 e. The van der Waals surface area contributed by atoms with Crippen LogP contribution in [0.15, 0.2) is 24.3 Å². The molecule has 0 radical (unpaired) electrons. The van der Waals surface area contributed by atoms with Crippen molar-refractivity contribution in [1.29, 1.82) is 0 Å². The first-order valence-electron chi connectivity index (χ1n) is 6.19. The molecule has 7 heteroatoms. The zero-order valence-electron chi connectivity index (χ0n) is 12.2. The number of carbonyl (C=O) groups is 4. The number of hydrogen-bond donors (Lipinski definition) is 0. The second-order valence-electron chi connectivity index (χ2n) is 4.14. The van der Waals surface area contributed by atoms with Gasteiger partial charge in [0.2, 0.25) is 0 Å². The maximum absolute atomic E-state index is 11.2. The quantitative estimate of drug-likeness (QED) is 0.361. The summed E-state index contributed by atoms with van der Waals surface area (Å²) in [6.07, 6.45) is 2.40. The van der Waals surface area contributed by atoms with Crippen LogP contribution in [0.2, 0.25) is 0 Å². The zero-order chi connectivity index (χ0) is 16.7. The summed E-state index contributed by atoms with van der Waals surface area (Å²) in [7, 11) is 0. The molecular formula is C15H14O7. The average molecular weight is 306 g/mol. The van der Waals surface area contributed by atoms with Crippen molar-refractivity contribution < 1.29 is 33.4 Å². The Morgan fingerprint density at radius 3 is 2.00 bits per heavy atom. The van der Waals surface area contributed by atoms with Gasteiger partial charge in [0, 0.05) is 26.8 Å². The van der Waals surface area contributed by atoms with E-state index in [1.807, 2.05) is 0 Å². The van der Waals surface area contributed by atoms with Crippen molar-refractivity contribution in [1.82, 2.24) is 0 Å². The highest BCUT2D eigenvalue weighted by atomic mass is 16.6. The van der Waals surface area contributed by atoms with Gasteiger partial charge in [-0.05, 0) is 23.8 Å². The molecule has 0 bridgehead atoms. The van der Waals surface area contributed by atoms with Crippen LogP contribution in [0, 0.1) is 0 Å². The van der Waals surface area contributed by atoms with E-state index in [4.69, 9.17) is 9.47 Å². The highest BCUT2D eigenvalue weighted by Gasteiger charge is 2.10. The first kappa shape index (κ1) is 17.1. The van der Waals surface area contributed by atoms with Gasteiger partial charge in [0.15, 0.2) is 11.5 Å². The number of ether oxygens (including phenoxy) is 3. The van der Waals surface area contributed by atoms with Crippen molar-refractivity contribution in [3.05, 3.63) is 29.8 Å². The fraction of sp³-hybridized carbons (Fsp3) is 0.200. The van der Waals surface area contributed by atoms with E-state index >= 15 is 0 Å². The number of esters is 4. The van der Waals surface area contributed by atoms with E-state index in [1.54, 1.807) is 0 Å². The molecule has 0 saturated carbocycles. The third-order valence-corrected chi connectivity index (χ3v) is 2.13. The van der Waals surface area contributed by atoms with Crippen LogP contribution in [0.1, 0.15) is 26.3 Å². The molecule has 0 unspecified atom stereocenters. The monoisotopic (exact) mass is 306 g/mol. The Balaban J connectivity index is 3.00. The molecule has 0 spiro atoms. The molecule has 0 atom stereocenters. The SMILES string of the molecule is CC(=O)OC(=O)/C=C/c1ccc(OC(C)=O)c(OC(C)=O)c1. The average Bonchev–Trinajstić information content (AvgIpc) is 2.37. The molecule has 0 aliphatic rings. The predicted molar refractivity (Wildman–Crippen MR) is 74.9 cm³/mol. The molecule has 0 aliphatic heterocycles. The predicted octanol–water partition coefficient (Wildman–Crippen LogP) is 1.64. The summed E-state index contributed by atoms with van der Waals surface area (Å²) in [5.74, 6) is -2.60. The molecule has 0 aromatic heterocycles. The summed E-state index contributed by atoms with van der Waals surface area (Å²) < 4.78 is 14.2. The highest BCUT2D eigenvalue weighted by Crippen LogP contribution is 2.29. The number of hydrogen-bond acceptors (Lipinski definition) is 7. The topological polar surface area (TPSA) is 96.0 Å². The molecule has 22 heavy (non-hydrogen) atoms. The lowest BCUT2D eigenvalue weighted by atomic mass is 10.2. The Hall–Kier alpha value is -2.96. The molecule has 0 N–H and O–H groups in total. The van der Waals surface area contributed by atoms with Crippen molar-refractivity contribution in [2.75, 3.05) is 0 Å². The largest absolute Gasteiger partial charge is 0.423 e. The number of carbonyl (C=O) groups excluding carboxylic acids is 4. The lowest BCUT2D eigenvalue weighted by Gasteiger charge is -2.09. The van der Waals surface area contributed by atoms with Gasteiger partial charge in [-0.3, -0.25) is 14.4 Å². The molecule has 1 rings (SSSR count). The van der Waals surface area contributed by atoms with Crippen LogP contribution < -0.4 is 9.47 Å². The summed E-state index contributed by atoms with van der Waals surface area (Å²) in [4.78, 5) is 43.9.